The summed E-state index contributed by atoms with van der Waals surface area (Å²) in [7, 11) is 0. The molecule has 0 bridgehead atoms. The van der Waals surface area contributed by atoms with Crippen molar-refractivity contribution < 1.29 is 14.2 Å². The van der Waals surface area contributed by atoms with Crippen LogP contribution in [0.3, 0.4) is 0 Å². The number of nitrogens with zero attached hydrogens (tertiary/aromatic N) is 2. The zero-order valence-electron chi connectivity index (χ0n) is 14.9. The van der Waals surface area contributed by atoms with Gasteiger partial charge in [-0.15, -0.1) is 0 Å². The number of anilines is 2. The van der Waals surface area contributed by atoms with E-state index in [9.17, 15) is 0 Å². The number of aromatic nitrogens is 2. The van der Waals surface area contributed by atoms with Crippen LogP contribution in [0.5, 0.6) is 5.75 Å². The molecule has 2 aromatic carbocycles. The normalized spacial score (nSPS) is 15.8. The highest BCUT2D eigenvalue weighted by Gasteiger charge is 2.24. The van der Waals surface area contributed by atoms with Gasteiger partial charge in [0.25, 0.3) is 0 Å². The molecule has 1 aromatic heterocycles. The van der Waals surface area contributed by atoms with Gasteiger partial charge in [0.05, 0.1) is 18.7 Å². The van der Waals surface area contributed by atoms with E-state index in [4.69, 9.17) is 25.8 Å². The van der Waals surface area contributed by atoms with E-state index in [2.05, 4.69) is 15.4 Å². The van der Waals surface area contributed by atoms with Crippen LogP contribution in [0.4, 0.5) is 11.8 Å². The van der Waals surface area contributed by atoms with Crippen molar-refractivity contribution in [2.45, 2.75) is 19.3 Å². The number of hydrogen-bond acceptors (Lipinski definition) is 8. The molecule has 0 spiro atoms. The lowest BCUT2D eigenvalue weighted by atomic mass is 10.0. The summed E-state index contributed by atoms with van der Waals surface area (Å²) in [5.41, 5.74) is 11.0. The van der Waals surface area contributed by atoms with Gasteiger partial charge in [-0.3, -0.25) is 0 Å². The largest absolute Gasteiger partial charge is 0.485 e. The Kier molecular flexibility index (Phi) is 4.76. The summed E-state index contributed by atoms with van der Waals surface area (Å²) in [6, 6.07) is 13.7. The van der Waals surface area contributed by atoms with Crippen molar-refractivity contribution in [3.8, 4) is 16.9 Å². The fraction of sp³-hybridized carbons (Fsp3) is 0.263. The van der Waals surface area contributed by atoms with Crippen molar-refractivity contribution in [2.75, 3.05) is 24.4 Å². The molecule has 27 heavy (non-hydrogen) atoms. The van der Waals surface area contributed by atoms with Gasteiger partial charge in [0, 0.05) is 5.39 Å². The summed E-state index contributed by atoms with van der Waals surface area (Å²) in [6.45, 7) is 3.12. The van der Waals surface area contributed by atoms with Gasteiger partial charge < -0.3 is 25.4 Å². The first-order chi connectivity index (χ1) is 13.1. The number of benzene rings is 2. The van der Waals surface area contributed by atoms with E-state index in [1.807, 2.05) is 49.4 Å². The number of hydrazine groups is 1. The van der Waals surface area contributed by atoms with Gasteiger partial charge in [-0.1, -0.05) is 18.2 Å². The van der Waals surface area contributed by atoms with Gasteiger partial charge in [0.1, 0.15) is 11.9 Å². The third-order valence-corrected chi connectivity index (χ3v) is 4.37. The first kappa shape index (κ1) is 17.5. The summed E-state index contributed by atoms with van der Waals surface area (Å²) >= 11 is 0. The fourth-order valence-electron chi connectivity index (χ4n) is 3.10. The average molecular weight is 367 g/mol. The molecule has 1 aliphatic rings. The number of fused-ring (bicyclic) bond motifs is 1. The summed E-state index contributed by atoms with van der Waals surface area (Å²) in [4.78, 5) is 8.37. The molecule has 1 atom stereocenters. The van der Waals surface area contributed by atoms with Crippen LogP contribution in [-0.4, -0.2) is 35.6 Å². The summed E-state index contributed by atoms with van der Waals surface area (Å²) in [6.07, 6.45) is -0.543. The van der Waals surface area contributed by atoms with Crippen LogP contribution in [0.2, 0.25) is 0 Å². The number of rotatable bonds is 5. The van der Waals surface area contributed by atoms with Crippen LogP contribution in [0.15, 0.2) is 42.5 Å². The molecule has 3 aromatic rings. The summed E-state index contributed by atoms with van der Waals surface area (Å²) in [5, 5.41) is 0.789. The molecule has 0 saturated carbocycles. The van der Waals surface area contributed by atoms with E-state index < -0.39 is 0 Å². The Morgan fingerprint density at radius 1 is 1.11 bits per heavy atom. The second-order valence-corrected chi connectivity index (χ2v) is 6.27. The number of nitrogen functional groups attached to an aromatic ring is 2. The van der Waals surface area contributed by atoms with E-state index in [0.717, 1.165) is 27.8 Å². The molecule has 0 radical (unpaired) electrons. The molecule has 140 valence electrons. The number of nitrogens with one attached hydrogen (secondary N) is 1. The molecular weight excluding hydrogens is 346 g/mol. The minimum Gasteiger partial charge on any atom is -0.485 e. The van der Waals surface area contributed by atoms with Gasteiger partial charge in [0.15, 0.2) is 12.1 Å². The molecule has 1 fully saturated rings. The maximum Gasteiger partial charge on any atom is 0.222 e. The minimum absolute atomic E-state index is 0.170. The van der Waals surface area contributed by atoms with Crippen molar-refractivity contribution >= 4 is 22.7 Å². The Morgan fingerprint density at radius 2 is 1.89 bits per heavy atom. The lowest BCUT2D eigenvalue weighted by molar-refractivity contribution is -0.104. The molecule has 1 aliphatic heterocycles. The van der Waals surface area contributed by atoms with E-state index >= 15 is 0 Å². The van der Waals surface area contributed by atoms with E-state index in [-0.39, 0.29) is 18.3 Å². The number of hydrogen-bond donors (Lipinski definition) is 3. The topological polar surface area (TPSA) is 118 Å². The van der Waals surface area contributed by atoms with E-state index in [0.29, 0.717) is 19.0 Å². The maximum atomic E-state index is 5.98. The Hall–Kier alpha value is -2.94. The highest BCUT2D eigenvalue weighted by Crippen LogP contribution is 2.30. The predicted molar refractivity (Wildman–Crippen MR) is 103 cm³/mol. The highest BCUT2D eigenvalue weighted by molar-refractivity contribution is 5.93. The maximum absolute atomic E-state index is 5.98. The fourth-order valence-corrected chi connectivity index (χ4v) is 3.10. The van der Waals surface area contributed by atoms with Gasteiger partial charge in [-0.25, -0.2) is 10.8 Å². The van der Waals surface area contributed by atoms with E-state index in [1.165, 1.54) is 0 Å². The van der Waals surface area contributed by atoms with Crippen LogP contribution in [-0.2, 0) is 9.47 Å². The van der Waals surface area contributed by atoms with Gasteiger partial charge >= 0.3 is 0 Å². The first-order valence-electron chi connectivity index (χ1n) is 8.68. The zero-order valence-corrected chi connectivity index (χ0v) is 14.9. The summed E-state index contributed by atoms with van der Waals surface area (Å²) < 4.78 is 17.0. The van der Waals surface area contributed by atoms with Crippen molar-refractivity contribution in [2.24, 2.45) is 5.84 Å². The third-order valence-electron chi connectivity index (χ3n) is 4.37. The second kappa shape index (κ2) is 7.36. The van der Waals surface area contributed by atoms with Crippen LogP contribution in [0.25, 0.3) is 22.0 Å². The van der Waals surface area contributed by atoms with Crippen molar-refractivity contribution in [1.29, 1.82) is 0 Å². The van der Waals surface area contributed by atoms with Crippen LogP contribution < -0.4 is 21.7 Å². The standard InChI is InChI=1S/C19H21N5O3/c1-11(18-25-7-8-26-18)27-14-4-2-3-12(9-14)13-5-6-16-15(10-13)17(24-21)23-19(20)22-16/h2-6,9-11,18H,7-8,21H2,1H3,(H3,20,22,23,24). The lowest BCUT2D eigenvalue weighted by Crippen LogP contribution is -2.29. The van der Waals surface area contributed by atoms with Crippen LogP contribution in [0, 0.1) is 0 Å². The minimum atomic E-state index is -0.338. The highest BCUT2D eigenvalue weighted by atomic mass is 16.7. The lowest BCUT2D eigenvalue weighted by Gasteiger charge is -2.20. The molecule has 4 rings (SSSR count). The van der Waals surface area contributed by atoms with Crippen molar-refractivity contribution in [3.05, 3.63) is 42.5 Å². The Balaban J connectivity index is 1.64. The Bertz CT molecular complexity index is 959. The van der Waals surface area contributed by atoms with Crippen LogP contribution in [0.1, 0.15) is 6.92 Å². The average Bonchev–Trinajstić information content (AvgIpc) is 3.22. The third kappa shape index (κ3) is 3.63. The van der Waals surface area contributed by atoms with Crippen molar-refractivity contribution in [1.82, 2.24) is 9.97 Å². The summed E-state index contributed by atoms with van der Waals surface area (Å²) in [5.74, 6) is 6.97. The molecule has 5 N–H and O–H groups in total. The first-order valence-corrected chi connectivity index (χ1v) is 8.68. The SMILES string of the molecule is CC(Oc1cccc(-c2ccc3nc(N)nc(NN)c3c2)c1)C1OCCO1. The van der Waals surface area contributed by atoms with Gasteiger partial charge in [-0.05, 0) is 42.3 Å². The van der Waals surface area contributed by atoms with Crippen molar-refractivity contribution in [3.63, 3.8) is 0 Å². The zero-order chi connectivity index (χ0) is 18.8. The van der Waals surface area contributed by atoms with E-state index in [1.54, 1.807) is 0 Å². The van der Waals surface area contributed by atoms with Gasteiger partial charge in [-0.2, -0.15) is 4.98 Å². The monoisotopic (exact) mass is 367 g/mol. The van der Waals surface area contributed by atoms with Crippen LogP contribution >= 0.6 is 0 Å². The molecule has 2 heterocycles. The molecule has 0 amide bonds. The second-order valence-electron chi connectivity index (χ2n) is 6.27. The molecule has 8 nitrogen and oxygen atoms in total. The number of ether oxygens (including phenoxy) is 3. The molecular formula is C19H21N5O3. The smallest absolute Gasteiger partial charge is 0.222 e. The Morgan fingerprint density at radius 3 is 2.67 bits per heavy atom. The van der Waals surface area contributed by atoms with Gasteiger partial charge in [0.2, 0.25) is 5.95 Å². The quantitative estimate of drug-likeness (QED) is 0.464. The molecule has 8 heteroatoms. The molecule has 1 saturated heterocycles. The Labute approximate surface area is 156 Å². The molecule has 0 aliphatic carbocycles. The number of nitrogens with two attached hydrogens (primary N) is 2. The molecule has 1 unspecified atom stereocenters. The predicted octanol–water partition coefficient (Wildman–Crippen LogP) is 2.30.